The van der Waals surface area contributed by atoms with Crippen molar-refractivity contribution >= 4 is 11.7 Å². The van der Waals surface area contributed by atoms with Gasteiger partial charge in [0.2, 0.25) is 0 Å². The Morgan fingerprint density at radius 2 is 2.17 bits per heavy atom. The van der Waals surface area contributed by atoms with Crippen molar-refractivity contribution in [1.29, 1.82) is 0 Å². The molecular formula is C15H21NO2. The van der Waals surface area contributed by atoms with E-state index in [-0.39, 0.29) is 5.97 Å². The molecule has 1 aromatic rings. The molecule has 0 unspecified atom stereocenters. The fourth-order valence-corrected chi connectivity index (χ4v) is 2.18. The Bertz CT molecular complexity index is 415. The Kier molecular flexibility index (Phi) is 4.62. The van der Waals surface area contributed by atoms with Gasteiger partial charge in [-0.15, -0.1) is 0 Å². The normalized spacial score (nSPS) is 14.4. The van der Waals surface area contributed by atoms with Gasteiger partial charge < -0.3 is 10.1 Å². The van der Waals surface area contributed by atoms with E-state index in [0.29, 0.717) is 18.7 Å². The smallest absolute Gasteiger partial charge is 0.313 e. The molecule has 3 nitrogen and oxygen atoms in total. The quantitative estimate of drug-likeness (QED) is 0.491. The number of anilines is 1. The summed E-state index contributed by atoms with van der Waals surface area (Å²) in [5.74, 6) is 0.537. The SMILES string of the molecule is CCCCCCc1ccc2c(c1)OC(=O)CCN2. The minimum absolute atomic E-state index is 0.149. The molecule has 0 amide bonds. The van der Waals surface area contributed by atoms with Crippen LogP contribution in [0.2, 0.25) is 0 Å². The van der Waals surface area contributed by atoms with Crippen molar-refractivity contribution in [2.75, 3.05) is 11.9 Å². The molecule has 0 spiro atoms. The Balaban J connectivity index is 1.99. The highest BCUT2D eigenvalue weighted by molar-refractivity contribution is 5.77. The third kappa shape index (κ3) is 3.49. The average Bonchev–Trinajstić information content (AvgIpc) is 2.55. The summed E-state index contributed by atoms with van der Waals surface area (Å²) in [5.41, 5.74) is 2.18. The number of hydrogen-bond donors (Lipinski definition) is 1. The van der Waals surface area contributed by atoms with Crippen LogP contribution in [-0.4, -0.2) is 12.5 Å². The summed E-state index contributed by atoms with van der Waals surface area (Å²) in [6.45, 7) is 2.87. The molecular weight excluding hydrogens is 226 g/mol. The summed E-state index contributed by atoms with van der Waals surface area (Å²) in [6, 6.07) is 6.14. The summed E-state index contributed by atoms with van der Waals surface area (Å²) < 4.78 is 5.32. The predicted molar refractivity (Wildman–Crippen MR) is 73.0 cm³/mol. The van der Waals surface area contributed by atoms with Gasteiger partial charge in [0.05, 0.1) is 12.1 Å². The van der Waals surface area contributed by atoms with Gasteiger partial charge in [0, 0.05) is 6.54 Å². The molecule has 1 heterocycles. The van der Waals surface area contributed by atoms with E-state index < -0.39 is 0 Å². The molecule has 1 N–H and O–H groups in total. The number of ether oxygens (including phenoxy) is 1. The van der Waals surface area contributed by atoms with Gasteiger partial charge in [-0.1, -0.05) is 32.3 Å². The van der Waals surface area contributed by atoms with Gasteiger partial charge in [0.15, 0.2) is 5.75 Å². The number of carbonyl (C=O) groups is 1. The maximum Gasteiger partial charge on any atom is 0.313 e. The van der Waals surface area contributed by atoms with Crippen LogP contribution in [0.4, 0.5) is 5.69 Å². The van der Waals surface area contributed by atoms with E-state index in [0.717, 1.165) is 12.1 Å². The molecule has 0 fully saturated rings. The van der Waals surface area contributed by atoms with Gasteiger partial charge in [-0.25, -0.2) is 0 Å². The van der Waals surface area contributed by atoms with Crippen LogP contribution in [-0.2, 0) is 11.2 Å². The topological polar surface area (TPSA) is 38.3 Å². The van der Waals surface area contributed by atoms with E-state index in [1.54, 1.807) is 0 Å². The minimum Gasteiger partial charge on any atom is -0.424 e. The van der Waals surface area contributed by atoms with Gasteiger partial charge >= 0.3 is 5.97 Å². The van der Waals surface area contributed by atoms with Crippen molar-refractivity contribution in [3.05, 3.63) is 23.8 Å². The molecule has 0 radical (unpaired) electrons. The number of carbonyl (C=O) groups excluding carboxylic acids is 1. The first kappa shape index (κ1) is 12.9. The van der Waals surface area contributed by atoms with E-state index in [9.17, 15) is 4.79 Å². The summed E-state index contributed by atoms with van der Waals surface area (Å²) >= 11 is 0. The van der Waals surface area contributed by atoms with Crippen LogP contribution in [0.15, 0.2) is 18.2 Å². The summed E-state index contributed by atoms with van der Waals surface area (Å²) in [6.07, 6.45) is 6.51. The zero-order valence-electron chi connectivity index (χ0n) is 11.0. The summed E-state index contributed by atoms with van der Waals surface area (Å²) in [5, 5.41) is 3.21. The molecule has 0 saturated heterocycles. The lowest BCUT2D eigenvalue weighted by Crippen LogP contribution is -2.08. The number of fused-ring (bicyclic) bond motifs is 1. The van der Waals surface area contributed by atoms with E-state index in [2.05, 4.69) is 18.3 Å². The number of benzene rings is 1. The number of esters is 1. The Morgan fingerprint density at radius 3 is 3.00 bits per heavy atom. The molecule has 0 bridgehead atoms. The van der Waals surface area contributed by atoms with Crippen LogP contribution in [0.25, 0.3) is 0 Å². The van der Waals surface area contributed by atoms with E-state index in [1.807, 2.05) is 12.1 Å². The molecule has 1 aliphatic heterocycles. The Hall–Kier alpha value is -1.51. The third-order valence-electron chi connectivity index (χ3n) is 3.23. The van der Waals surface area contributed by atoms with Crippen molar-refractivity contribution in [2.24, 2.45) is 0 Å². The molecule has 98 valence electrons. The number of hydrogen-bond acceptors (Lipinski definition) is 3. The van der Waals surface area contributed by atoms with Gasteiger partial charge in [0.25, 0.3) is 0 Å². The van der Waals surface area contributed by atoms with Gasteiger partial charge in [0.1, 0.15) is 0 Å². The largest absolute Gasteiger partial charge is 0.424 e. The molecule has 0 saturated carbocycles. The fraction of sp³-hybridized carbons (Fsp3) is 0.533. The van der Waals surface area contributed by atoms with Crippen LogP contribution in [0.3, 0.4) is 0 Å². The zero-order chi connectivity index (χ0) is 12.8. The van der Waals surface area contributed by atoms with Crippen LogP contribution >= 0.6 is 0 Å². The highest BCUT2D eigenvalue weighted by Gasteiger charge is 2.14. The van der Waals surface area contributed by atoms with Crippen LogP contribution < -0.4 is 10.1 Å². The molecule has 1 aromatic carbocycles. The first-order valence-corrected chi connectivity index (χ1v) is 6.87. The minimum atomic E-state index is -0.149. The highest BCUT2D eigenvalue weighted by Crippen LogP contribution is 2.28. The van der Waals surface area contributed by atoms with Gasteiger partial charge in [-0.3, -0.25) is 4.79 Å². The lowest BCUT2D eigenvalue weighted by atomic mass is 10.1. The fourth-order valence-electron chi connectivity index (χ4n) is 2.18. The van der Waals surface area contributed by atoms with E-state index in [1.165, 1.54) is 31.2 Å². The number of rotatable bonds is 5. The van der Waals surface area contributed by atoms with Crippen LogP contribution in [0, 0.1) is 0 Å². The summed E-state index contributed by atoms with van der Waals surface area (Å²) in [4.78, 5) is 11.4. The lowest BCUT2D eigenvalue weighted by molar-refractivity contribution is -0.133. The first-order valence-electron chi connectivity index (χ1n) is 6.87. The van der Waals surface area contributed by atoms with Crippen LogP contribution in [0.5, 0.6) is 5.75 Å². The maximum absolute atomic E-state index is 11.4. The summed E-state index contributed by atoms with van der Waals surface area (Å²) in [7, 11) is 0. The van der Waals surface area contributed by atoms with Gasteiger partial charge in [-0.05, 0) is 30.5 Å². The first-order chi connectivity index (χ1) is 8.79. The van der Waals surface area contributed by atoms with Gasteiger partial charge in [-0.2, -0.15) is 0 Å². The maximum atomic E-state index is 11.4. The van der Waals surface area contributed by atoms with Crippen molar-refractivity contribution in [3.63, 3.8) is 0 Å². The molecule has 3 heteroatoms. The second-order valence-electron chi connectivity index (χ2n) is 4.79. The number of aryl methyl sites for hydroxylation is 1. The Labute approximate surface area is 109 Å². The number of nitrogens with one attached hydrogen (secondary N) is 1. The third-order valence-corrected chi connectivity index (χ3v) is 3.23. The molecule has 18 heavy (non-hydrogen) atoms. The second-order valence-corrected chi connectivity index (χ2v) is 4.79. The molecule has 0 aliphatic carbocycles. The van der Waals surface area contributed by atoms with E-state index >= 15 is 0 Å². The molecule has 0 atom stereocenters. The number of unbranched alkanes of at least 4 members (excludes halogenated alkanes) is 3. The lowest BCUT2D eigenvalue weighted by Gasteiger charge is -2.09. The van der Waals surface area contributed by atoms with Crippen molar-refractivity contribution in [1.82, 2.24) is 0 Å². The predicted octanol–water partition coefficient (Wildman–Crippen LogP) is 3.53. The molecule has 1 aliphatic rings. The van der Waals surface area contributed by atoms with Crippen molar-refractivity contribution in [2.45, 2.75) is 45.4 Å². The average molecular weight is 247 g/mol. The monoisotopic (exact) mass is 247 g/mol. The Morgan fingerprint density at radius 1 is 1.28 bits per heavy atom. The highest BCUT2D eigenvalue weighted by atomic mass is 16.5. The van der Waals surface area contributed by atoms with Crippen molar-refractivity contribution < 1.29 is 9.53 Å². The van der Waals surface area contributed by atoms with Crippen LogP contribution in [0.1, 0.15) is 44.6 Å². The zero-order valence-corrected chi connectivity index (χ0v) is 11.0. The molecule has 0 aromatic heterocycles. The molecule has 2 rings (SSSR count). The van der Waals surface area contributed by atoms with E-state index in [4.69, 9.17) is 4.74 Å². The standard InChI is InChI=1S/C15H21NO2/c1-2-3-4-5-6-12-7-8-13-14(11-12)18-15(17)9-10-16-13/h7-8,11,16H,2-6,9-10H2,1H3. The second kappa shape index (κ2) is 6.43. The van der Waals surface area contributed by atoms with Crippen molar-refractivity contribution in [3.8, 4) is 5.75 Å².